The molecule has 73 heavy (non-hydrogen) atoms. The SMILES string of the molecule is C=CCOC(=O)CCCCCCCCCCCCCCCOC(=O)C1=C(CCC[C@@H](C)O[Si](C)(C)C(C)(C)C)N=C(N)N2[C@H](CC3(CC/C=C\[C@H](CC)O[Si](C(C)C)(C(C)C)C(C)C)OCCCO3)CC[C@@H]12.Cl. The van der Waals surface area contributed by atoms with Crippen LogP contribution in [0.2, 0.25) is 34.8 Å². The maximum absolute atomic E-state index is 14.3. The summed E-state index contributed by atoms with van der Waals surface area (Å²) in [6.45, 7) is 35.6. The Kier molecular flexibility index (Phi) is 31.3. The third-order valence-electron chi connectivity index (χ3n) is 16.4. The maximum Gasteiger partial charge on any atom is 0.337 e. The minimum atomic E-state index is -2.02. The van der Waals surface area contributed by atoms with Crippen molar-refractivity contribution in [3.8, 4) is 0 Å². The highest BCUT2D eigenvalue weighted by molar-refractivity contribution is 6.77. The Balaban J connectivity index is 0.0000183. The van der Waals surface area contributed by atoms with Gasteiger partial charge in [0.15, 0.2) is 20.1 Å². The van der Waals surface area contributed by atoms with Gasteiger partial charge in [-0.05, 0) is 106 Å². The number of rotatable bonds is 37. The molecule has 4 atom stereocenters. The van der Waals surface area contributed by atoms with Gasteiger partial charge in [-0.1, -0.05) is 165 Å². The molecule has 3 rings (SSSR count). The number of esters is 2. The smallest absolute Gasteiger partial charge is 0.337 e. The summed E-state index contributed by atoms with van der Waals surface area (Å²) in [5.74, 6) is -0.622. The van der Waals surface area contributed by atoms with Crippen molar-refractivity contribution in [2.45, 2.75) is 295 Å². The van der Waals surface area contributed by atoms with E-state index in [9.17, 15) is 9.59 Å². The van der Waals surface area contributed by atoms with E-state index in [0.717, 1.165) is 89.2 Å². The molecule has 2 N–H and O–H groups in total. The average Bonchev–Trinajstić information content (AvgIpc) is 3.72. The lowest BCUT2D eigenvalue weighted by molar-refractivity contribution is -0.276. The van der Waals surface area contributed by atoms with Crippen LogP contribution >= 0.6 is 12.4 Å². The molecule has 0 aromatic carbocycles. The van der Waals surface area contributed by atoms with E-state index >= 15 is 0 Å². The molecule has 2 fully saturated rings. The lowest BCUT2D eigenvalue weighted by atomic mass is 9.98. The molecule has 0 bridgehead atoms. The van der Waals surface area contributed by atoms with Crippen molar-refractivity contribution in [1.29, 1.82) is 0 Å². The zero-order valence-electron chi connectivity index (χ0n) is 48.9. The van der Waals surface area contributed by atoms with Gasteiger partial charge in [-0.15, -0.1) is 12.4 Å². The van der Waals surface area contributed by atoms with Crippen molar-refractivity contribution in [1.82, 2.24) is 4.90 Å². The monoisotopic (exact) mass is 1080 g/mol. The van der Waals surface area contributed by atoms with Crippen molar-refractivity contribution in [3.63, 3.8) is 0 Å². The zero-order chi connectivity index (χ0) is 53.4. The molecule has 0 spiro atoms. The molecule has 0 unspecified atom stereocenters. The summed E-state index contributed by atoms with van der Waals surface area (Å²) in [7, 11) is -3.94. The van der Waals surface area contributed by atoms with Gasteiger partial charge in [0, 0.05) is 31.4 Å². The number of ether oxygens (including phenoxy) is 4. The number of fused-ring (bicyclic) bond motifs is 1. The van der Waals surface area contributed by atoms with Gasteiger partial charge in [0.25, 0.3) is 0 Å². The van der Waals surface area contributed by atoms with E-state index in [4.69, 9.17) is 38.5 Å². The lowest BCUT2D eigenvalue weighted by Gasteiger charge is -2.44. The molecule has 2 saturated heterocycles. The summed E-state index contributed by atoms with van der Waals surface area (Å²) < 4.78 is 38.3. The molecule has 424 valence electrons. The first-order chi connectivity index (χ1) is 34.1. The second-order valence-corrected chi connectivity index (χ2v) is 34.2. The van der Waals surface area contributed by atoms with Gasteiger partial charge >= 0.3 is 11.9 Å². The second-order valence-electron chi connectivity index (χ2n) is 24.0. The summed E-state index contributed by atoms with van der Waals surface area (Å²) in [6.07, 6.45) is 30.0. The zero-order valence-corrected chi connectivity index (χ0v) is 51.7. The largest absolute Gasteiger partial charge is 0.462 e. The standard InChI is InChI=1S/C59H109N3O8Si2.ClH/c1-15-41-65-54(63)37-28-26-24-22-20-18-17-19-21-23-25-27-31-42-66-56(64)55-52(36-32-34-49(9)69-71(13,14)58(10,11)12)61-57(60)62-50(38-39-53(55)62)45-59(67-43-33-44-68-59)40-30-29-35-51(16-2)70-72(46(3)4,47(5)6)48(7)8;/h15,29,35,46-51,53H,1,16-28,30-34,36-45H2,2-14H3,(H2,60,61);1H/b35-29-;/t49-,50+,51+,53+;/m1./s1. The number of hydrogen-bond donors (Lipinski definition) is 1. The van der Waals surface area contributed by atoms with Gasteiger partial charge in [0.2, 0.25) is 8.32 Å². The summed E-state index contributed by atoms with van der Waals surface area (Å²) in [5.41, 5.74) is 10.0. The van der Waals surface area contributed by atoms with Gasteiger partial charge in [-0.2, -0.15) is 0 Å². The maximum atomic E-state index is 14.3. The first-order valence-corrected chi connectivity index (χ1v) is 34.3. The van der Waals surface area contributed by atoms with E-state index < -0.39 is 22.4 Å². The molecule has 3 heterocycles. The lowest BCUT2D eigenvalue weighted by Crippen LogP contribution is -2.53. The van der Waals surface area contributed by atoms with Gasteiger partial charge < -0.3 is 38.4 Å². The predicted molar refractivity (Wildman–Crippen MR) is 311 cm³/mol. The van der Waals surface area contributed by atoms with Crippen LogP contribution in [-0.2, 0) is 37.4 Å². The van der Waals surface area contributed by atoms with Gasteiger partial charge in [-0.3, -0.25) is 4.79 Å². The number of nitrogens with zero attached hydrogens (tertiary/aromatic N) is 2. The molecule has 0 aromatic heterocycles. The molecular formula is C59H110ClN3O8Si2. The van der Waals surface area contributed by atoms with Crippen LogP contribution in [0.5, 0.6) is 0 Å². The Morgan fingerprint density at radius 2 is 1.40 bits per heavy atom. The third-order valence-corrected chi connectivity index (χ3v) is 27.1. The molecule has 3 aliphatic heterocycles. The Morgan fingerprint density at radius 3 is 1.93 bits per heavy atom. The van der Waals surface area contributed by atoms with Crippen LogP contribution in [0.4, 0.5) is 0 Å². The minimum absolute atomic E-state index is 0. The highest BCUT2D eigenvalue weighted by Crippen LogP contribution is 2.45. The highest BCUT2D eigenvalue weighted by Gasteiger charge is 2.49. The third kappa shape index (κ3) is 21.7. The summed E-state index contributed by atoms with van der Waals surface area (Å²) >= 11 is 0. The predicted octanol–water partition coefficient (Wildman–Crippen LogP) is 16.0. The fraction of sp³-hybridized carbons (Fsp3) is 0.847. The van der Waals surface area contributed by atoms with E-state index in [1.807, 2.05) is 0 Å². The van der Waals surface area contributed by atoms with E-state index in [-0.39, 0.29) is 53.7 Å². The van der Waals surface area contributed by atoms with Gasteiger partial charge in [0.05, 0.1) is 43.2 Å². The van der Waals surface area contributed by atoms with Crippen LogP contribution < -0.4 is 5.73 Å². The van der Waals surface area contributed by atoms with Crippen molar-refractivity contribution in [2.75, 3.05) is 26.4 Å². The summed E-state index contributed by atoms with van der Waals surface area (Å²) in [6, 6.07) is -0.175. The molecule has 11 nitrogen and oxygen atoms in total. The molecule has 0 aromatic rings. The number of aliphatic imine (C=N–C) groups is 1. The summed E-state index contributed by atoms with van der Waals surface area (Å²) in [4.78, 5) is 33.2. The van der Waals surface area contributed by atoms with Crippen LogP contribution in [0.25, 0.3) is 0 Å². The van der Waals surface area contributed by atoms with Crippen LogP contribution in [0.1, 0.15) is 230 Å². The highest BCUT2D eigenvalue weighted by atomic mass is 35.5. The first kappa shape index (κ1) is 67.1. The number of carbonyl (C=O) groups is 2. The molecule has 0 amide bonds. The molecule has 14 heteroatoms. The van der Waals surface area contributed by atoms with E-state index in [1.54, 1.807) is 6.08 Å². The number of carbonyl (C=O) groups excluding carboxylic acids is 2. The Bertz CT molecular complexity index is 1670. The quantitative estimate of drug-likeness (QED) is 0.0278. The molecule has 0 aliphatic carbocycles. The number of nitrogens with two attached hydrogens (primary N) is 1. The van der Waals surface area contributed by atoms with Crippen molar-refractivity contribution in [2.24, 2.45) is 10.7 Å². The van der Waals surface area contributed by atoms with Crippen LogP contribution in [0.3, 0.4) is 0 Å². The van der Waals surface area contributed by atoms with Crippen molar-refractivity contribution >= 4 is 46.9 Å². The Morgan fingerprint density at radius 1 is 0.836 bits per heavy atom. The number of halogens is 1. The van der Waals surface area contributed by atoms with Gasteiger partial charge in [0.1, 0.15) is 6.61 Å². The Labute approximate surface area is 455 Å². The molecule has 3 aliphatic rings. The molecular weight excluding hydrogens is 970 g/mol. The number of guanidine groups is 1. The van der Waals surface area contributed by atoms with E-state index in [2.05, 4.69) is 113 Å². The van der Waals surface area contributed by atoms with Crippen LogP contribution in [0.15, 0.2) is 41.1 Å². The van der Waals surface area contributed by atoms with Gasteiger partial charge in [-0.25, -0.2) is 9.79 Å². The average molecular weight is 1080 g/mol. The molecule has 0 radical (unpaired) electrons. The first-order valence-electron chi connectivity index (χ1n) is 29.2. The summed E-state index contributed by atoms with van der Waals surface area (Å²) in [5, 5.41) is 0.137. The number of hydrogen-bond acceptors (Lipinski definition) is 11. The van der Waals surface area contributed by atoms with E-state index in [1.165, 1.54) is 51.4 Å². The molecule has 0 saturated carbocycles. The van der Waals surface area contributed by atoms with Crippen molar-refractivity contribution in [3.05, 3.63) is 36.1 Å². The fourth-order valence-electron chi connectivity index (χ4n) is 11.5. The van der Waals surface area contributed by atoms with E-state index in [0.29, 0.717) is 73.8 Å². The number of allylic oxidation sites excluding steroid dienone is 2. The van der Waals surface area contributed by atoms with Crippen LogP contribution in [0, 0.1) is 0 Å². The minimum Gasteiger partial charge on any atom is -0.462 e. The number of unbranched alkanes of at least 4 members (excludes halogenated alkanes) is 12. The van der Waals surface area contributed by atoms with Crippen LogP contribution in [-0.4, -0.2) is 95.9 Å². The Hall–Kier alpha value is -2.01. The normalized spacial score (nSPS) is 19.3. The second kappa shape index (κ2) is 34.0. The fourth-order valence-corrected chi connectivity index (χ4v) is 18.6. The topological polar surface area (TPSA) is 131 Å². The van der Waals surface area contributed by atoms with Crippen molar-refractivity contribution < 1.29 is 37.4 Å².